The summed E-state index contributed by atoms with van der Waals surface area (Å²) in [4.78, 5) is 63.4. The molecule has 0 radical (unpaired) electrons. The molecule has 200 valence electrons. The fraction of sp³-hybridized carbons (Fsp3) is 0.684. The van der Waals surface area contributed by atoms with E-state index in [0.717, 1.165) is 0 Å². The number of carboxylic acid groups (broad SMARTS) is 2. The zero-order chi connectivity index (χ0) is 27.0. The topological polar surface area (TPSA) is 299 Å². The first kappa shape index (κ1) is 31.5. The fourth-order valence-corrected chi connectivity index (χ4v) is 2.82. The SMILES string of the molecule is NCCCCC(NC(=O)C(CO)NC(=O)C(CCCN=C(N)N)NC(=O)C(N)CC(=O)O)C(=O)O. The number of guanidine groups is 1. The van der Waals surface area contributed by atoms with Gasteiger partial charge in [0.2, 0.25) is 17.7 Å². The summed E-state index contributed by atoms with van der Waals surface area (Å²) in [5.74, 6) is -5.57. The number of nitrogens with one attached hydrogen (secondary N) is 3. The van der Waals surface area contributed by atoms with Crippen LogP contribution in [0.1, 0.15) is 38.5 Å². The number of aliphatic hydroxyl groups is 1. The average Bonchev–Trinajstić information content (AvgIpc) is 2.77. The highest BCUT2D eigenvalue weighted by atomic mass is 16.4. The molecule has 16 heteroatoms. The lowest BCUT2D eigenvalue weighted by Gasteiger charge is -2.24. The number of carboxylic acids is 2. The number of hydrogen-bond acceptors (Lipinski definition) is 9. The number of carbonyl (C=O) groups is 5. The van der Waals surface area contributed by atoms with Crippen LogP contribution < -0.4 is 38.9 Å². The molecular formula is C19H36N8O8. The molecular weight excluding hydrogens is 468 g/mol. The number of aliphatic carboxylic acids is 2. The number of amides is 3. The van der Waals surface area contributed by atoms with Gasteiger partial charge in [-0.25, -0.2) is 4.79 Å². The summed E-state index contributed by atoms with van der Waals surface area (Å²) in [6.07, 6.45) is 0.578. The Balaban J connectivity index is 5.32. The van der Waals surface area contributed by atoms with Gasteiger partial charge in [0, 0.05) is 6.54 Å². The molecule has 0 aromatic carbocycles. The van der Waals surface area contributed by atoms with Gasteiger partial charge in [0.1, 0.15) is 18.1 Å². The quantitative estimate of drug-likeness (QED) is 0.0480. The number of nitrogens with two attached hydrogens (primary N) is 4. The first-order valence-corrected chi connectivity index (χ1v) is 10.9. The number of aliphatic hydroxyl groups excluding tert-OH is 1. The summed E-state index contributed by atoms with van der Waals surface area (Å²) < 4.78 is 0. The number of nitrogens with zero attached hydrogens (tertiary/aromatic N) is 1. The van der Waals surface area contributed by atoms with E-state index in [9.17, 15) is 34.2 Å². The molecule has 4 atom stereocenters. The molecule has 3 amide bonds. The molecule has 0 bridgehead atoms. The van der Waals surface area contributed by atoms with Gasteiger partial charge in [-0.15, -0.1) is 0 Å². The molecule has 0 saturated heterocycles. The predicted octanol–water partition coefficient (Wildman–Crippen LogP) is -4.50. The van der Waals surface area contributed by atoms with Gasteiger partial charge in [-0.05, 0) is 38.6 Å². The summed E-state index contributed by atoms with van der Waals surface area (Å²) in [7, 11) is 0. The molecule has 16 nitrogen and oxygen atoms in total. The Morgan fingerprint density at radius 1 is 0.800 bits per heavy atom. The van der Waals surface area contributed by atoms with E-state index in [1.165, 1.54) is 0 Å². The third kappa shape index (κ3) is 13.7. The maximum absolute atomic E-state index is 12.8. The first-order chi connectivity index (χ1) is 16.4. The Labute approximate surface area is 201 Å². The minimum Gasteiger partial charge on any atom is -0.481 e. The van der Waals surface area contributed by atoms with Gasteiger partial charge in [0.25, 0.3) is 0 Å². The Morgan fingerprint density at radius 3 is 1.86 bits per heavy atom. The van der Waals surface area contributed by atoms with Gasteiger partial charge < -0.3 is 54.2 Å². The smallest absolute Gasteiger partial charge is 0.326 e. The van der Waals surface area contributed by atoms with Crippen molar-refractivity contribution in [1.29, 1.82) is 0 Å². The maximum Gasteiger partial charge on any atom is 0.326 e. The molecule has 0 fully saturated rings. The van der Waals surface area contributed by atoms with Crippen LogP contribution in [0.2, 0.25) is 0 Å². The van der Waals surface area contributed by atoms with E-state index in [1.807, 2.05) is 0 Å². The van der Waals surface area contributed by atoms with Gasteiger partial charge in [-0.1, -0.05) is 0 Å². The van der Waals surface area contributed by atoms with E-state index >= 15 is 0 Å². The predicted molar refractivity (Wildman–Crippen MR) is 124 cm³/mol. The van der Waals surface area contributed by atoms with Crippen molar-refractivity contribution >= 4 is 35.6 Å². The van der Waals surface area contributed by atoms with Crippen molar-refractivity contribution < 1.29 is 39.3 Å². The van der Waals surface area contributed by atoms with E-state index in [4.69, 9.17) is 28.0 Å². The van der Waals surface area contributed by atoms with Crippen molar-refractivity contribution in [3.05, 3.63) is 0 Å². The van der Waals surface area contributed by atoms with E-state index in [2.05, 4.69) is 20.9 Å². The molecule has 0 aromatic rings. The normalized spacial score (nSPS) is 14.0. The lowest BCUT2D eigenvalue weighted by Crippen LogP contribution is -2.58. The summed E-state index contributed by atoms with van der Waals surface area (Å²) in [5.41, 5.74) is 21.4. The van der Waals surface area contributed by atoms with Crippen molar-refractivity contribution in [2.75, 3.05) is 19.7 Å². The molecule has 0 aliphatic carbocycles. The Kier molecular flexibility index (Phi) is 15.3. The second-order valence-electron chi connectivity index (χ2n) is 7.64. The van der Waals surface area contributed by atoms with Crippen LogP contribution in [0, 0.1) is 0 Å². The van der Waals surface area contributed by atoms with Crippen LogP contribution in [-0.4, -0.2) is 94.8 Å². The molecule has 0 aliphatic heterocycles. The summed E-state index contributed by atoms with van der Waals surface area (Å²) >= 11 is 0. The van der Waals surface area contributed by atoms with Crippen molar-refractivity contribution in [3.8, 4) is 0 Å². The van der Waals surface area contributed by atoms with Crippen molar-refractivity contribution in [3.63, 3.8) is 0 Å². The molecule has 0 aromatic heterocycles. The minimum atomic E-state index is -1.52. The molecule has 0 rings (SSSR count). The Morgan fingerprint density at radius 2 is 1.34 bits per heavy atom. The number of rotatable bonds is 18. The van der Waals surface area contributed by atoms with Gasteiger partial charge in [-0.3, -0.25) is 24.2 Å². The highest BCUT2D eigenvalue weighted by Crippen LogP contribution is 2.04. The monoisotopic (exact) mass is 504 g/mol. The molecule has 14 N–H and O–H groups in total. The van der Waals surface area contributed by atoms with E-state index in [1.54, 1.807) is 0 Å². The number of hydrogen-bond donors (Lipinski definition) is 10. The number of carbonyl (C=O) groups excluding carboxylic acids is 3. The highest BCUT2D eigenvalue weighted by Gasteiger charge is 2.30. The molecule has 4 unspecified atom stereocenters. The van der Waals surface area contributed by atoms with Gasteiger partial charge >= 0.3 is 11.9 Å². The molecule has 0 aliphatic rings. The summed E-state index contributed by atoms with van der Waals surface area (Å²) in [5, 5.41) is 34.5. The van der Waals surface area contributed by atoms with E-state index in [0.29, 0.717) is 19.4 Å². The number of aliphatic imine (C=N–C) groups is 1. The van der Waals surface area contributed by atoms with Crippen molar-refractivity contribution in [2.45, 2.75) is 62.7 Å². The van der Waals surface area contributed by atoms with E-state index in [-0.39, 0.29) is 31.8 Å². The second kappa shape index (κ2) is 17.0. The second-order valence-corrected chi connectivity index (χ2v) is 7.64. The van der Waals surface area contributed by atoms with Crippen LogP contribution in [0.25, 0.3) is 0 Å². The molecule has 0 saturated carbocycles. The Hall–Kier alpha value is -3.50. The summed E-state index contributed by atoms with van der Waals surface area (Å²) in [6, 6.07) is -5.51. The van der Waals surface area contributed by atoms with Crippen LogP contribution in [0.3, 0.4) is 0 Å². The largest absolute Gasteiger partial charge is 0.481 e. The van der Waals surface area contributed by atoms with Crippen LogP contribution in [0.5, 0.6) is 0 Å². The molecule has 0 heterocycles. The van der Waals surface area contributed by atoms with Gasteiger partial charge in [-0.2, -0.15) is 0 Å². The molecule has 0 spiro atoms. The lowest BCUT2D eigenvalue weighted by atomic mass is 10.1. The molecule has 35 heavy (non-hydrogen) atoms. The Bertz CT molecular complexity index is 759. The van der Waals surface area contributed by atoms with Crippen LogP contribution in [0.15, 0.2) is 4.99 Å². The van der Waals surface area contributed by atoms with Crippen LogP contribution >= 0.6 is 0 Å². The lowest BCUT2D eigenvalue weighted by molar-refractivity contribution is -0.142. The van der Waals surface area contributed by atoms with E-state index < -0.39 is 66.9 Å². The van der Waals surface area contributed by atoms with Crippen LogP contribution in [0.4, 0.5) is 0 Å². The van der Waals surface area contributed by atoms with Crippen molar-refractivity contribution in [2.24, 2.45) is 27.9 Å². The highest BCUT2D eigenvalue weighted by molar-refractivity contribution is 5.94. The first-order valence-electron chi connectivity index (χ1n) is 10.9. The van der Waals surface area contributed by atoms with Gasteiger partial charge in [0.05, 0.1) is 19.1 Å². The maximum atomic E-state index is 12.8. The summed E-state index contributed by atoms with van der Waals surface area (Å²) in [6.45, 7) is -0.405. The standard InChI is InChI=1S/C19H36N8O8/c20-6-2-1-4-12(18(34)35)26-17(33)13(9-28)27-16(32)11(5-3-7-24-19(22)23)25-15(31)10(21)8-14(29)30/h10-13,28H,1-9,20-21H2,(H,25,31)(H,26,33)(H,27,32)(H,29,30)(H,34,35)(H4,22,23,24). The third-order valence-corrected chi connectivity index (χ3v) is 4.69. The zero-order valence-electron chi connectivity index (χ0n) is 19.3. The van der Waals surface area contributed by atoms with Crippen molar-refractivity contribution in [1.82, 2.24) is 16.0 Å². The number of unbranched alkanes of at least 4 members (excludes halogenated alkanes) is 1. The van der Waals surface area contributed by atoms with Crippen LogP contribution in [-0.2, 0) is 24.0 Å². The van der Waals surface area contributed by atoms with Gasteiger partial charge in [0.15, 0.2) is 5.96 Å². The average molecular weight is 505 g/mol. The fourth-order valence-electron chi connectivity index (χ4n) is 2.82. The minimum absolute atomic E-state index is 0.0231. The third-order valence-electron chi connectivity index (χ3n) is 4.69. The zero-order valence-corrected chi connectivity index (χ0v) is 19.3.